The molecular weight excluding hydrogens is 291 g/mol. The van der Waals surface area contributed by atoms with Crippen LogP contribution in [0, 0.1) is 5.82 Å². The van der Waals surface area contributed by atoms with Crippen molar-refractivity contribution in [3.05, 3.63) is 35.0 Å². The lowest BCUT2D eigenvalue weighted by Gasteiger charge is -2.12. The molecule has 0 radical (unpaired) electrons. The first kappa shape index (κ1) is 15.6. The summed E-state index contributed by atoms with van der Waals surface area (Å²) in [5.41, 5.74) is 1.09. The number of aromatic nitrogens is 2. The van der Waals surface area contributed by atoms with E-state index in [2.05, 4.69) is 16.5 Å². The summed E-state index contributed by atoms with van der Waals surface area (Å²) < 4.78 is 22.2. The fourth-order valence-electron chi connectivity index (χ4n) is 1.91. The number of halogens is 1. The van der Waals surface area contributed by atoms with Crippen molar-refractivity contribution in [1.82, 2.24) is 9.59 Å². The molecule has 0 spiro atoms. The molecule has 1 aromatic heterocycles. The van der Waals surface area contributed by atoms with Gasteiger partial charge in [-0.3, -0.25) is 0 Å². The Labute approximate surface area is 127 Å². The largest absolute Gasteiger partial charge is 0.458 e. The lowest BCUT2D eigenvalue weighted by atomic mass is 10.1. The molecule has 0 unspecified atom stereocenters. The van der Waals surface area contributed by atoms with Gasteiger partial charge in [0.05, 0.1) is 6.10 Å². The van der Waals surface area contributed by atoms with E-state index in [-0.39, 0.29) is 11.9 Å². The Morgan fingerprint density at radius 2 is 2.10 bits per heavy atom. The van der Waals surface area contributed by atoms with Gasteiger partial charge in [-0.15, -0.1) is 5.10 Å². The number of ether oxygens (including phenoxy) is 1. The lowest BCUT2D eigenvalue weighted by molar-refractivity contribution is 0.0327. The third-order valence-electron chi connectivity index (χ3n) is 3.06. The Morgan fingerprint density at radius 3 is 2.76 bits per heavy atom. The maximum atomic E-state index is 13.0. The van der Waals surface area contributed by atoms with E-state index in [0.29, 0.717) is 16.1 Å². The minimum atomic E-state index is -0.423. The van der Waals surface area contributed by atoms with Crippen LogP contribution in [0.3, 0.4) is 0 Å². The van der Waals surface area contributed by atoms with Crippen molar-refractivity contribution in [2.24, 2.45) is 0 Å². The van der Waals surface area contributed by atoms with Gasteiger partial charge in [0.25, 0.3) is 0 Å². The van der Waals surface area contributed by atoms with E-state index in [1.165, 1.54) is 12.1 Å². The van der Waals surface area contributed by atoms with Crippen molar-refractivity contribution < 1.29 is 13.9 Å². The van der Waals surface area contributed by atoms with Crippen LogP contribution < -0.4 is 0 Å². The molecule has 1 atom stereocenters. The van der Waals surface area contributed by atoms with Gasteiger partial charge in [-0.25, -0.2) is 9.18 Å². The first-order valence-corrected chi connectivity index (χ1v) is 7.68. The van der Waals surface area contributed by atoms with Crippen LogP contribution in [0.2, 0.25) is 0 Å². The number of esters is 1. The number of carbonyl (C=O) groups is 1. The Bertz CT molecular complexity index is 598. The van der Waals surface area contributed by atoms with Crippen molar-refractivity contribution in [2.45, 2.75) is 39.2 Å². The fraction of sp³-hybridized carbons (Fsp3) is 0.400. The number of benzene rings is 1. The number of hydrogen-bond donors (Lipinski definition) is 0. The van der Waals surface area contributed by atoms with Crippen LogP contribution in [0.4, 0.5) is 4.39 Å². The maximum Gasteiger partial charge on any atom is 0.352 e. The number of nitrogens with zero attached hydrogens (tertiary/aromatic N) is 2. The van der Waals surface area contributed by atoms with Crippen LogP contribution in [0.5, 0.6) is 0 Å². The first-order valence-electron chi connectivity index (χ1n) is 6.91. The van der Waals surface area contributed by atoms with Crippen LogP contribution in [0.15, 0.2) is 24.3 Å². The van der Waals surface area contributed by atoms with Crippen molar-refractivity contribution in [1.29, 1.82) is 0 Å². The van der Waals surface area contributed by atoms with E-state index < -0.39 is 5.97 Å². The molecule has 0 saturated heterocycles. The topological polar surface area (TPSA) is 52.1 Å². The predicted octanol–water partition coefficient (Wildman–Crippen LogP) is 4.08. The van der Waals surface area contributed by atoms with Gasteiger partial charge in [0.2, 0.25) is 0 Å². The van der Waals surface area contributed by atoms with Crippen LogP contribution in [-0.4, -0.2) is 21.7 Å². The van der Waals surface area contributed by atoms with Gasteiger partial charge in [-0.1, -0.05) is 24.3 Å². The standard InChI is InChI=1S/C15H17FN2O2S/c1-3-4-5-10(2)20-15(19)14-13(17-18-21-14)11-6-8-12(16)9-7-11/h6-10H,3-5H2,1-2H3/t10-/m0/s1. The van der Waals surface area contributed by atoms with E-state index in [0.717, 1.165) is 30.8 Å². The molecule has 2 aromatic rings. The second-order valence-electron chi connectivity index (χ2n) is 4.82. The average molecular weight is 308 g/mol. The summed E-state index contributed by atoms with van der Waals surface area (Å²) in [5.74, 6) is -0.757. The van der Waals surface area contributed by atoms with Crippen LogP contribution in [0.25, 0.3) is 11.3 Å². The number of unbranched alkanes of at least 4 members (excludes halogenated alkanes) is 1. The van der Waals surface area contributed by atoms with Crippen molar-refractivity contribution >= 4 is 17.5 Å². The summed E-state index contributed by atoms with van der Waals surface area (Å²) in [5, 5.41) is 3.95. The highest BCUT2D eigenvalue weighted by atomic mass is 32.1. The normalized spacial score (nSPS) is 12.1. The van der Waals surface area contributed by atoms with E-state index in [9.17, 15) is 9.18 Å². The Kier molecular flexibility index (Phi) is 5.38. The minimum absolute atomic E-state index is 0.138. The monoisotopic (exact) mass is 308 g/mol. The molecular formula is C15H17FN2O2S. The maximum absolute atomic E-state index is 13.0. The number of hydrogen-bond acceptors (Lipinski definition) is 5. The Hall–Kier alpha value is -1.82. The molecule has 0 N–H and O–H groups in total. The highest BCUT2D eigenvalue weighted by Crippen LogP contribution is 2.25. The van der Waals surface area contributed by atoms with Crippen LogP contribution in [0.1, 0.15) is 42.8 Å². The molecule has 2 rings (SSSR count). The molecule has 4 nitrogen and oxygen atoms in total. The van der Waals surface area contributed by atoms with Crippen LogP contribution >= 0.6 is 11.5 Å². The second-order valence-corrected chi connectivity index (χ2v) is 5.57. The Morgan fingerprint density at radius 1 is 1.38 bits per heavy atom. The molecule has 0 aliphatic carbocycles. The molecule has 0 fully saturated rings. The highest BCUT2D eigenvalue weighted by molar-refractivity contribution is 7.08. The van der Waals surface area contributed by atoms with Gasteiger partial charge in [-0.05, 0) is 49.1 Å². The van der Waals surface area contributed by atoms with Gasteiger partial charge < -0.3 is 4.74 Å². The van der Waals surface area contributed by atoms with Crippen molar-refractivity contribution in [3.8, 4) is 11.3 Å². The lowest BCUT2D eigenvalue weighted by Crippen LogP contribution is -2.14. The quantitative estimate of drug-likeness (QED) is 0.755. The number of carbonyl (C=O) groups excluding carboxylic acids is 1. The molecule has 6 heteroatoms. The molecule has 0 aliphatic rings. The molecule has 1 aromatic carbocycles. The van der Waals surface area contributed by atoms with E-state index in [1.54, 1.807) is 12.1 Å². The summed E-state index contributed by atoms with van der Waals surface area (Å²) in [6, 6.07) is 5.80. The third kappa shape index (κ3) is 4.07. The van der Waals surface area contributed by atoms with Crippen molar-refractivity contribution in [2.75, 3.05) is 0 Å². The van der Waals surface area contributed by atoms with Gasteiger partial charge in [0.1, 0.15) is 11.5 Å². The minimum Gasteiger partial charge on any atom is -0.458 e. The molecule has 0 bridgehead atoms. The molecule has 112 valence electrons. The molecule has 21 heavy (non-hydrogen) atoms. The zero-order valence-electron chi connectivity index (χ0n) is 12.0. The average Bonchev–Trinajstić information content (AvgIpc) is 2.95. The second kappa shape index (κ2) is 7.26. The van der Waals surface area contributed by atoms with Gasteiger partial charge in [0.15, 0.2) is 4.88 Å². The Balaban J connectivity index is 2.12. The zero-order valence-corrected chi connectivity index (χ0v) is 12.8. The molecule has 0 aliphatic heterocycles. The van der Waals surface area contributed by atoms with Gasteiger partial charge in [-0.2, -0.15) is 0 Å². The molecule has 0 amide bonds. The molecule has 0 saturated carbocycles. The summed E-state index contributed by atoms with van der Waals surface area (Å²) in [7, 11) is 0. The molecule has 1 heterocycles. The van der Waals surface area contributed by atoms with E-state index in [1.807, 2.05) is 6.92 Å². The first-order chi connectivity index (χ1) is 10.1. The van der Waals surface area contributed by atoms with Gasteiger partial charge >= 0.3 is 5.97 Å². The van der Waals surface area contributed by atoms with E-state index >= 15 is 0 Å². The summed E-state index contributed by atoms with van der Waals surface area (Å²) in [4.78, 5) is 12.5. The summed E-state index contributed by atoms with van der Waals surface area (Å²) in [6.07, 6.45) is 2.77. The van der Waals surface area contributed by atoms with E-state index in [4.69, 9.17) is 4.74 Å². The SMILES string of the molecule is CCCC[C@H](C)OC(=O)c1snnc1-c1ccc(F)cc1. The zero-order chi connectivity index (χ0) is 15.2. The third-order valence-corrected chi connectivity index (χ3v) is 3.77. The fourth-order valence-corrected chi connectivity index (χ4v) is 2.48. The summed E-state index contributed by atoms with van der Waals surface area (Å²) in [6.45, 7) is 3.97. The van der Waals surface area contributed by atoms with Crippen molar-refractivity contribution in [3.63, 3.8) is 0 Å². The highest BCUT2D eigenvalue weighted by Gasteiger charge is 2.21. The van der Waals surface area contributed by atoms with Gasteiger partial charge in [0, 0.05) is 5.56 Å². The smallest absolute Gasteiger partial charge is 0.352 e. The summed E-state index contributed by atoms with van der Waals surface area (Å²) >= 11 is 0.993. The van der Waals surface area contributed by atoms with Crippen LogP contribution in [-0.2, 0) is 4.74 Å². The predicted molar refractivity (Wildman–Crippen MR) is 79.7 cm³/mol. The number of rotatable bonds is 6.